The molecule has 1 saturated heterocycles. The quantitative estimate of drug-likeness (QED) is 0.0427. The van der Waals surface area contributed by atoms with Gasteiger partial charge in [-0.25, -0.2) is 4.79 Å². The molecule has 0 radical (unpaired) electrons. The Labute approximate surface area is 302 Å². The zero-order chi connectivity index (χ0) is 35.6. The Kier molecular flexibility index (Phi) is 17.1. The first kappa shape index (κ1) is 39.8. The van der Waals surface area contributed by atoms with Crippen LogP contribution >= 0.6 is 0 Å². The number of carbonyl (C=O) groups excluding carboxylic acids is 2. The van der Waals surface area contributed by atoms with Gasteiger partial charge in [-0.3, -0.25) is 4.79 Å². The Morgan fingerprint density at radius 1 is 0.800 bits per heavy atom. The molecule has 50 heavy (non-hydrogen) atoms. The van der Waals surface area contributed by atoms with E-state index >= 15 is 4.79 Å². The standard InChI is InChI=1S/C44H64O6/c1-5-7-9-11-12-20-26-41(49-42(45)37-29-30-47-33-37)50-44(38-22-16-13-17-23-38,39-24-18-14-19-25-39)43(46)48-40-31-34(3)27-28-36(32-40)35(4)21-15-10-8-6-2/h13-14,16-19,22-25,34,36-37,40-41H,4-12,15,20-21,26-33H2,1-3H3. The van der Waals surface area contributed by atoms with Crippen molar-refractivity contribution in [3.05, 3.63) is 83.9 Å². The smallest absolute Gasteiger partial charge is 0.348 e. The second kappa shape index (κ2) is 21.4. The van der Waals surface area contributed by atoms with Gasteiger partial charge >= 0.3 is 11.9 Å². The van der Waals surface area contributed by atoms with Gasteiger partial charge in [-0.1, -0.05) is 151 Å². The fourth-order valence-electron chi connectivity index (χ4n) is 7.58. The molecule has 2 fully saturated rings. The molecule has 5 unspecified atom stereocenters. The zero-order valence-electron chi connectivity index (χ0n) is 31.3. The molecule has 1 heterocycles. The molecule has 4 rings (SSSR count). The Bertz CT molecular complexity index is 1230. The summed E-state index contributed by atoms with van der Waals surface area (Å²) in [6.45, 7) is 12.1. The van der Waals surface area contributed by atoms with Crippen LogP contribution in [0.2, 0.25) is 0 Å². The number of rotatable bonds is 21. The van der Waals surface area contributed by atoms with Crippen LogP contribution in [0.5, 0.6) is 0 Å². The summed E-state index contributed by atoms with van der Waals surface area (Å²) in [4.78, 5) is 28.5. The summed E-state index contributed by atoms with van der Waals surface area (Å²) in [7, 11) is 0. The topological polar surface area (TPSA) is 71.1 Å². The molecule has 0 bridgehead atoms. The maximum absolute atomic E-state index is 15.1. The van der Waals surface area contributed by atoms with Crippen molar-refractivity contribution in [2.45, 2.75) is 148 Å². The number of carbonyl (C=O) groups is 2. The van der Waals surface area contributed by atoms with Crippen molar-refractivity contribution in [2.24, 2.45) is 17.8 Å². The van der Waals surface area contributed by atoms with Gasteiger partial charge in [-0.2, -0.15) is 0 Å². The van der Waals surface area contributed by atoms with E-state index in [4.69, 9.17) is 18.9 Å². The first-order valence-corrected chi connectivity index (χ1v) is 19.8. The summed E-state index contributed by atoms with van der Waals surface area (Å²) in [5.41, 5.74) is 0.960. The van der Waals surface area contributed by atoms with Gasteiger partial charge < -0.3 is 18.9 Å². The molecule has 0 aromatic heterocycles. The van der Waals surface area contributed by atoms with Gasteiger partial charge in [-0.05, 0) is 67.9 Å². The van der Waals surface area contributed by atoms with Crippen molar-refractivity contribution in [3.8, 4) is 0 Å². The van der Waals surface area contributed by atoms with Crippen LogP contribution in [-0.4, -0.2) is 37.5 Å². The number of ether oxygens (including phenoxy) is 4. The Morgan fingerprint density at radius 2 is 1.42 bits per heavy atom. The van der Waals surface area contributed by atoms with Gasteiger partial charge in [0.05, 0.1) is 12.5 Å². The molecular formula is C44H64O6. The number of allylic oxidation sites excluding steroid dienone is 1. The minimum Gasteiger partial charge on any atom is -0.460 e. The molecule has 2 aromatic rings. The van der Waals surface area contributed by atoms with E-state index in [-0.39, 0.29) is 18.0 Å². The van der Waals surface area contributed by atoms with Crippen molar-refractivity contribution < 1.29 is 28.5 Å². The summed E-state index contributed by atoms with van der Waals surface area (Å²) in [6.07, 6.45) is 16.0. The molecule has 1 aliphatic heterocycles. The van der Waals surface area contributed by atoms with Gasteiger partial charge in [-0.15, -0.1) is 0 Å². The number of benzene rings is 2. The average Bonchev–Trinajstić information content (AvgIpc) is 3.61. The minimum absolute atomic E-state index is 0.275. The molecule has 1 aliphatic carbocycles. The predicted octanol–water partition coefficient (Wildman–Crippen LogP) is 10.9. The highest BCUT2D eigenvalue weighted by molar-refractivity contribution is 5.86. The molecule has 2 aliphatic rings. The van der Waals surface area contributed by atoms with E-state index in [9.17, 15) is 4.79 Å². The first-order chi connectivity index (χ1) is 24.4. The molecule has 0 N–H and O–H groups in total. The lowest BCUT2D eigenvalue weighted by Crippen LogP contribution is -2.47. The van der Waals surface area contributed by atoms with Crippen molar-refractivity contribution in [2.75, 3.05) is 13.2 Å². The van der Waals surface area contributed by atoms with Crippen molar-refractivity contribution in [3.63, 3.8) is 0 Å². The molecule has 5 atom stereocenters. The Balaban J connectivity index is 1.65. The molecule has 0 spiro atoms. The van der Waals surface area contributed by atoms with E-state index in [1.807, 2.05) is 60.7 Å². The molecule has 2 aromatic carbocycles. The van der Waals surface area contributed by atoms with E-state index in [1.54, 1.807) is 0 Å². The van der Waals surface area contributed by atoms with Crippen LogP contribution in [0.3, 0.4) is 0 Å². The second-order valence-corrected chi connectivity index (χ2v) is 14.9. The lowest BCUT2D eigenvalue weighted by Gasteiger charge is -2.37. The second-order valence-electron chi connectivity index (χ2n) is 14.9. The fraction of sp³-hybridized carbons (Fsp3) is 0.636. The predicted molar refractivity (Wildman–Crippen MR) is 200 cm³/mol. The number of hydrogen-bond donors (Lipinski definition) is 0. The molecule has 6 nitrogen and oxygen atoms in total. The summed E-state index contributed by atoms with van der Waals surface area (Å²) in [6, 6.07) is 19.2. The fourth-order valence-corrected chi connectivity index (χ4v) is 7.58. The highest BCUT2D eigenvalue weighted by Gasteiger charge is 2.49. The number of esters is 2. The van der Waals surface area contributed by atoms with Gasteiger partial charge in [0.15, 0.2) is 0 Å². The Hall–Kier alpha value is -2.96. The highest BCUT2D eigenvalue weighted by Crippen LogP contribution is 2.41. The zero-order valence-corrected chi connectivity index (χ0v) is 31.3. The van der Waals surface area contributed by atoms with Crippen LogP contribution in [0.15, 0.2) is 72.8 Å². The molecule has 1 saturated carbocycles. The van der Waals surface area contributed by atoms with E-state index < -0.39 is 17.9 Å². The SMILES string of the molecule is C=C(CCCCCC)C1CCC(C)CC(OC(=O)C(OC(CCCCCCCC)OC(=O)C2CCOC2)(c2ccccc2)c2ccccc2)C1. The van der Waals surface area contributed by atoms with Crippen molar-refractivity contribution in [1.82, 2.24) is 0 Å². The van der Waals surface area contributed by atoms with Crippen LogP contribution in [0.25, 0.3) is 0 Å². The van der Waals surface area contributed by atoms with Crippen LogP contribution in [0.4, 0.5) is 0 Å². The normalized spacial score (nSPS) is 21.7. The molecule has 6 heteroatoms. The molecule has 0 amide bonds. The lowest BCUT2D eigenvalue weighted by atomic mass is 9.85. The number of unbranched alkanes of at least 4 members (excludes halogenated alkanes) is 8. The third-order valence-electron chi connectivity index (χ3n) is 10.7. The summed E-state index contributed by atoms with van der Waals surface area (Å²) in [5.74, 6) is -0.392. The van der Waals surface area contributed by atoms with Crippen LogP contribution in [0.1, 0.15) is 141 Å². The van der Waals surface area contributed by atoms with Crippen molar-refractivity contribution >= 4 is 11.9 Å². The lowest BCUT2D eigenvalue weighted by molar-refractivity contribution is -0.225. The third-order valence-corrected chi connectivity index (χ3v) is 10.7. The van der Waals surface area contributed by atoms with E-state index in [2.05, 4.69) is 27.4 Å². The van der Waals surface area contributed by atoms with Crippen molar-refractivity contribution in [1.29, 1.82) is 0 Å². The average molecular weight is 689 g/mol. The minimum atomic E-state index is -1.63. The summed E-state index contributed by atoms with van der Waals surface area (Å²) < 4.78 is 25.3. The van der Waals surface area contributed by atoms with E-state index in [0.29, 0.717) is 49.0 Å². The van der Waals surface area contributed by atoms with Crippen LogP contribution in [-0.2, 0) is 34.1 Å². The first-order valence-electron chi connectivity index (χ1n) is 19.8. The Morgan fingerprint density at radius 3 is 2.04 bits per heavy atom. The third kappa shape index (κ3) is 11.8. The largest absolute Gasteiger partial charge is 0.460 e. The van der Waals surface area contributed by atoms with Gasteiger partial charge in [0.25, 0.3) is 0 Å². The van der Waals surface area contributed by atoms with E-state index in [0.717, 1.165) is 57.8 Å². The van der Waals surface area contributed by atoms with Gasteiger partial charge in [0, 0.05) is 13.0 Å². The number of hydrogen-bond acceptors (Lipinski definition) is 6. The summed E-state index contributed by atoms with van der Waals surface area (Å²) in [5, 5.41) is 0. The maximum atomic E-state index is 15.1. The highest BCUT2D eigenvalue weighted by atomic mass is 16.7. The maximum Gasteiger partial charge on any atom is 0.348 e. The molecule has 276 valence electrons. The van der Waals surface area contributed by atoms with E-state index in [1.165, 1.54) is 44.1 Å². The molecular weight excluding hydrogens is 624 g/mol. The van der Waals surface area contributed by atoms with Gasteiger partial charge in [0.1, 0.15) is 6.10 Å². The van der Waals surface area contributed by atoms with Crippen LogP contribution in [0, 0.1) is 17.8 Å². The summed E-state index contributed by atoms with van der Waals surface area (Å²) >= 11 is 0. The van der Waals surface area contributed by atoms with Crippen LogP contribution < -0.4 is 0 Å². The van der Waals surface area contributed by atoms with Gasteiger partial charge in [0.2, 0.25) is 11.9 Å². The monoisotopic (exact) mass is 688 g/mol.